The number of aliphatic hydroxyl groups is 1. The van der Waals surface area contributed by atoms with E-state index in [1.807, 2.05) is 13.8 Å². The first-order valence-electron chi connectivity index (χ1n) is 6.98. The predicted octanol–water partition coefficient (Wildman–Crippen LogP) is 3.11. The molecule has 6 nitrogen and oxygen atoms in total. The number of rotatable bonds is 6. The number of nitrogens with one attached hydrogen (secondary N) is 1. The lowest BCUT2D eigenvalue weighted by atomic mass is 9.93. The third kappa shape index (κ3) is 2.80. The fourth-order valence-corrected chi connectivity index (χ4v) is 2.39. The second-order valence-corrected chi connectivity index (χ2v) is 5.06. The molecule has 1 aromatic heterocycles. The Labute approximate surface area is 123 Å². The van der Waals surface area contributed by atoms with Gasteiger partial charge in [-0.3, -0.25) is 10.1 Å². The van der Waals surface area contributed by atoms with Gasteiger partial charge in [0.25, 0.3) is 5.69 Å². The molecule has 2 aromatic rings. The molecule has 0 saturated carbocycles. The Morgan fingerprint density at radius 2 is 2.05 bits per heavy atom. The molecule has 21 heavy (non-hydrogen) atoms. The van der Waals surface area contributed by atoms with Crippen molar-refractivity contribution in [2.75, 3.05) is 11.9 Å². The number of nitro groups is 1. The van der Waals surface area contributed by atoms with E-state index in [0.29, 0.717) is 10.9 Å². The van der Waals surface area contributed by atoms with Crippen LogP contribution >= 0.6 is 0 Å². The summed E-state index contributed by atoms with van der Waals surface area (Å²) < 4.78 is 0. The van der Waals surface area contributed by atoms with Crippen LogP contribution in [-0.4, -0.2) is 27.2 Å². The Morgan fingerprint density at radius 1 is 1.33 bits per heavy atom. The van der Waals surface area contributed by atoms with Crippen LogP contribution in [0, 0.1) is 10.1 Å². The Morgan fingerprint density at radius 3 is 2.62 bits per heavy atom. The number of aliphatic hydroxyl groups excluding tert-OH is 1. The first kappa shape index (κ1) is 15.2. The van der Waals surface area contributed by atoms with Crippen LogP contribution in [0.2, 0.25) is 0 Å². The quantitative estimate of drug-likeness (QED) is 0.630. The normalized spacial score (nSPS) is 11.6. The molecule has 0 bridgehead atoms. The maximum Gasteiger partial charge on any atom is 0.295 e. The van der Waals surface area contributed by atoms with Gasteiger partial charge in [-0.05, 0) is 18.9 Å². The van der Waals surface area contributed by atoms with Crippen molar-refractivity contribution in [2.24, 2.45) is 0 Å². The smallest absolute Gasteiger partial charge is 0.295 e. The minimum Gasteiger partial charge on any atom is -0.394 e. The molecule has 0 aliphatic carbocycles. The first-order valence-corrected chi connectivity index (χ1v) is 6.98. The van der Waals surface area contributed by atoms with E-state index in [1.54, 1.807) is 24.4 Å². The lowest BCUT2D eigenvalue weighted by Gasteiger charge is -2.32. The van der Waals surface area contributed by atoms with Crippen LogP contribution < -0.4 is 5.32 Å². The number of benzene rings is 1. The summed E-state index contributed by atoms with van der Waals surface area (Å²) in [6, 6.07) is 6.66. The topological polar surface area (TPSA) is 88.3 Å². The van der Waals surface area contributed by atoms with Gasteiger partial charge in [0.1, 0.15) is 5.52 Å². The summed E-state index contributed by atoms with van der Waals surface area (Å²) in [6.45, 7) is 4.00. The largest absolute Gasteiger partial charge is 0.394 e. The van der Waals surface area contributed by atoms with Crippen molar-refractivity contribution < 1.29 is 10.0 Å². The number of fused-ring (bicyclic) bond motifs is 1. The van der Waals surface area contributed by atoms with Crippen LogP contribution in [0.15, 0.2) is 30.5 Å². The molecule has 0 aliphatic rings. The summed E-state index contributed by atoms with van der Waals surface area (Å²) in [5, 5.41) is 24.8. The van der Waals surface area contributed by atoms with Gasteiger partial charge < -0.3 is 10.4 Å². The Kier molecular flexibility index (Phi) is 4.37. The molecule has 6 heteroatoms. The van der Waals surface area contributed by atoms with Crippen molar-refractivity contribution in [1.29, 1.82) is 0 Å². The zero-order valence-electron chi connectivity index (χ0n) is 12.2. The Balaban J connectivity index is 2.56. The zero-order chi connectivity index (χ0) is 15.5. The Bertz CT molecular complexity index is 645. The molecule has 2 N–H and O–H groups in total. The van der Waals surface area contributed by atoms with Gasteiger partial charge in [0.05, 0.1) is 17.1 Å². The number of hydrogen-bond acceptors (Lipinski definition) is 5. The van der Waals surface area contributed by atoms with Gasteiger partial charge in [0, 0.05) is 23.3 Å². The third-order valence-electron chi connectivity index (χ3n) is 4.00. The maximum absolute atomic E-state index is 11.1. The SMILES string of the molecule is CCC(CC)(CO)Nc1ccnc2c([N+](=O)[O-])cccc12. The van der Waals surface area contributed by atoms with Crippen molar-refractivity contribution in [2.45, 2.75) is 32.2 Å². The van der Waals surface area contributed by atoms with Gasteiger partial charge in [-0.1, -0.05) is 26.0 Å². The monoisotopic (exact) mass is 289 g/mol. The molecule has 112 valence electrons. The van der Waals surface area contributed by atoms with Crippen LogP contribution in [-0.2, 0) is 0 Å². The van der Waals surface area contributed by atoms with E-state index in [0.717, 1.165) is 18.5 Å². The van der Waals surface area contributed by atoms with Crippen LogP contribution in [0.3, 0.4) is 0 Å². The van der Waals surface area contributed by atoms with Crippen LogP contribution in [0.5, 0.6) is 0 Å². The maximum atomic E-state index is 11.1. The predicted molar refractivity (Wildman–Crippen MR) is 82.4 cm³/mol. The molecule has 1 heterocycles. The van der Waals surface area contributed by atoms with E-state index in [-0.39, 0.29) is 12.3 Å². The second kappa shape index (κ2) is 6.05. The number of nitro benzene ring substituents is 1. The van der Waals surface area contributed by atoms with E-state index in [1.165, 1.54) is 6.07 Å². The van der Waals surface area contributed by atoms with E-state index >= 15 is 0 Å². The number of para-hydroxylation sites is 1. The number of non-ortho nitro benzene ring substituents is 1. The highest BCUT2D eigenvalue weighted by molar-refractivity contribution is 5.96. The third-order valence-corrected chi connectivity index (χ3v) is 4.00. The van der Waals surface area contributed by atoms with E-state index in [2.05, 4.69) is 10.3 Å². The molecule has 0 atom stereocenters. The molecule has 1 aromatic carbocycles. The van der Waals surface area contributed by atoms with Gasteiger partial charge in [-0.25, -0.2) is 4.98 Å². The molecule has 2 rings (SSSR count). The minimum atomic E-state index is -0.432. The fourth-order valence-electron chi connectivity index (χ4n) is 2.39. The molecule has 0 unspecified atom stereocenters. The summed E-state index contributed by atoms with van der Waals surface area (Å²) in [4.78, 5) is 14.8. The highest BCUT2D eigenvalue weighted by atomic mass is 16.6. The molecule has 0 aliphatic heterocycles. The first-order chi connectivity index (χ1) is 10.1. The number of hydrogen-bond donors (Lipinski definition) is 2. The van der Waals surface area contributed by atoms with Crippen LogP contribution in [0.25, 0.3) is 10.9 Å². The number of anilines is 1. The molecule has 0 amide bonds. The van der Waals surface area contributed by atoms with Crippen molar-refractivity contribution >= 4 is 22.3 Å². The highest BCUT2D eigenvalue weighted by Gasteiger charge is 2.26. The molecular weight excluding hydrogens is 270 g/mol. The average Bonchev–Trinajstić information content (AvgIpc) is 2.52. The van der Waals surface area contributed by atoms with E-state index < -0.39 is 10.5 Å². The lowest BCUT2D eigenvalue weighted by Crippen LogP contribution is -2.40. The fraction of sp³-hybridized carbons (Fsp3) is 0.400. The highest BCUT2D eigenvalue weighted by Crippen LogP contribution is 2.31. The lowest BCUT2D eigenvalue weighted by molar-refractivity contribution is -0.383. The van der Waals surface area contributed by atoms with Crippen molar-refractivity contribution in [3.63, 3.8) is 0 Å². The zero-order valence-corrected chi connectivity index (χ0v) is 12.2. The average molecular weight is 289 g/mol. The molecule has 0 spiro atoms. The number of nitrogens with zero attached hydrogens (tertiary/aromatic N) is 2. The number of pyridine rings is 1. The molecule has 0 saturated heterocycles. The minimum absolute atomic E-state index is 0.00125. The van der Waals surface area contributed by atoms with Gasteiger partial charge >= 0.3 is 0 Å². The summed E-state index contributed by atoms with van der Waals surface area (Å²) in [7, 11) is 0. The van der Waals surface area contributed by atoms with Crippen molar-refractivity contribution in [1.82, 2.24) is 4.98 Å². The molecular formula is C15H19N3O3. The van der Waals surface area contributed by atoms with Crippen molar-refractivity contribution in [3.8, 4) is 0 Å². The van der Waals surface area contributed by atoms with Gasteiger partial charge in [-0.15, -0.1) is 0 Å². The van der Waals surface area contributed by atoms with E-state index in [9.17, 15) is 15.2 Å². The van der Waals surface area contributed by atoms with Gasteiger partial charge in [0.15, 0.2) is 0 Å². The standard InChI is InChI=1S/C15H19N3O3/c1-3-15(4-2,10-19)17-12-8-9-16-14-11(12)6-5-7-13(14)18(20)21/h5-9,19H,3-4,10H2,1-2H3,(H,16,17). The van der Waals surface area contributed by atoms with Crippen LogP contribution in [0.4, 0.5) is 11.4 Å². The summed E-state index contributed by atoms with van der Waals surface area (Å²) in [5.74, 6) is 0. The van der Waals surface area contributed by atoms with E-state index in [4.69, 9.17) is 0 Å². The van der Waals surface area contributed by atoms with Gasteiger partial charge in [-0.2, -0.15) is 0 Å². The second-order valence-electron chi connectivity index (χ2n) is 5.06. The number of aromatic nitrogens is 1. The molecule has 0 fully saturated rings. The van der Waals surface area contributed by atoms with Gasteiger partial charge in [0.2, 0.25) is 0 Å². The molecule has 0 radical (unpaired) electrons. The summed E-state index contributed by atoms with van der Waals surface area (Å²) >= 11 is 0. The van der Waals surface area contributed by atoms with Crippen LogP contribution in [0.1, 0.15) is 26.7 Å². The Hall–Kier alpha value is -2.21. The van der Waals surface area contributed by atoms with Crippen molar-refractivity contribution in [3.05, 3.63) is 40.6 Å². The summed E-state index contributed by atoms with van der Waals surface area (Å²) in [6.07, 6.45) is 3.04. The summed E-state index contributed by atoms with van der Waals surface area (Å²) in [5.41, 5.74) is 0.658.